The Bertz CT molecular complexity index is 913. The molecule has 0 bridgehead atoms. The van der Waals surface area contributed by atoms with Gasteiger partial charge in [-0.1, -0.05) is 50.2 Å². The van der Waals surface area contributed by atoms with Crippen LogP contribution in [0.5, 0.6) is 11.5 Å². The fourth-order valence-corrected chi connectivity index (χ4v) is 3.91. The van der Waals surface area contributed by atoms with Crippen LogP contribution in [0.15, 0.2) is 48.5 Å². The average Bonchev–Trinajstić information content (AvgIpc) is 2.79. The molecule has 6 nitrogen and oxygen atoms in total. The summed E-state index contributed by atoms with van der Waals surface area (Å²) in [7, 11) is 1.61. The Hall–Kier alpha value is -3.02. The molecule has 1 saturated heterocycles. The SMILES string of the molecule is COc1cc(C(C)NC(=O)C(c2ccccc2)N2CCCCC2=O)ccc1OCC(C)C. The number of benzene rings is 2. The van der Waals surface area contributed by atoms with Crippen LogP contribution in [0.4, 0.5) is 0 Å². The number of nitrogens with zero attached hydrogens (tertiary/aromatic N) is 1. The van der Waals surface area contributed by atoms with Gasteiger partial charge in [0.25, 0.3) is 0 Å². The smallest absolute Gasteiger partial charge is 0.247 e. The van der Waals surface area contributed by atoms with Crippen molar-refractivity contribution in [1.29, 1.82) is 0 Å². The number of methoxy groups -OCH3 is 1. The van der Waals surface area contributed by atoms with Gasteiger partial charge in [-0.2, -0.15) is 0 Å². The highest BCUT2D eigenvalue weighted by atomic mass is 16.5. The maximum atomic E-state index is 13.4. The lowest BCUT2D eigenvalue weighted by Crippen LogP contribution is -2.46. The van der Waals surface area contributed by atoms with E-state index in [2.05, 4.69) is 19.2 Å². The molecule has 172 valence electrons. The van der Waals surface area contributed by atoms with Gasteiger partial charge >= 0.3 is 0 Å². The van der Waals surface area contributed by atoms with Crippen LogP contribution in [0.1, 0.15) is 63.2 Å². The monoisotopic (exact) mass is 438 g/mol. The highest BCUT2D eigenvalue weighted by molar-refractivity contribution is 5.89. The standard InChI is InChI=1S/C26H34N2O4/c1-18(2)17-32-22-14-13-21(16-23(22)31-4)19(3)27-26(30)25(20-10-6-5-7-11-20)28-15-9-8-12-24(28)29/h5-7,10-11,13-14,16,18-19,25H,8-9,12,15,17H2,1-4H3,(H,27,30). The minimum Gasteiger partial charge on any atom is -0.493 e. The molecule has 0 spiro atoms. The van der Waals surface area contributed by atoms with E-state index in [-0.39, 0.29) is 17.9 Å². The van der Waals surface area contributed by atoms with E-state index in [1.807, 2.05) is 55.5 Å². The number of piperidine rings is 1. The Balaban J connectivity index is 1.79. The molecule has 2 aromatic rings. The predicted molar refractivity (Wildman–Crippen MR) is 125 cm³/mol. The van der Waals surface area contributed by atoms with E-state index >= 15 is 0 Å². The molecule has 0 aliphatic carbocycles. The van der Waals surface area contributed by atoms with Crippen molar-refractivity contribution < 1.29 is 19.1 Å². The summed E-state index contributed by atoms with van der Waals surface area (Å²) in [5.41, 5.74) is 1.73. The zero-order valence-corrected chi connectivity index (χ0v) is 19.5. The summed E-state index contributed by atoms with van der Waals surface area (Å²) in [6.07, 6.45) is 2.27. The maximum absolute atomic E-state index is 13.4. The molecule has 0 radical (unpaired) electrons. The summed E-state index contributed by atoms with van der Waals surface area (Å²) in [6, 6.07) is 14.3. The number of carbonyl (C=O) groups excluding carboxylic acids is 2. The van der Waals surface area contributed by atoms with Crippen molar-refractivity contribution in [3.8, 4) is 11.5 Å². The summed E-state index contributed by atoms with van der Waals surface area (Å²) in [5, 5.41) is 3.10. The molecule has 0 saturated carbocycles. The lowest BCUT2D eigenvalue weighted by Gasteiger charge is -2.34. The van der Waals surface area contributed by atoms with Gasteiger partial charge in [-0.25, -0.2) is 0 Å². The number of amides is 2. The van der Waals surface area contributed by atoms with Crippen molar-refractivity contribution in [3.63, 3.8) is 0 Å². The quantitative estimate of drug-likeness (QED) is 0.618. The third-order valence-electron chi connectivity index (χ3n) is 5.65. The number of likely N-dealkylation sites (tertiary alicyclic amines) is 1. The molecular weight excluding hydrogens is 404 g/mol. The van der Waals surface area contributed by atoms with Gasteiger partial charge in [0.2, 0.25) is 11.8 Å². The fraction of sp³-hybridized carbons (Fsp3) is 0.462. The second-order valence-corrected chi connectivity index (χ2v) is 8.70. The highest BCUT2D eigenvalue weighted by Crippen LogP contribution is 2.32. The van der Waals surface area contributed by atoms with Crippen LogP contribution in [0.2, 0.25) is 0 Å². The van der Waals surface area contributed by atoms with E-state index < -0.39 is 6.04 Å². The maximum Gasteiger partial charge on any atom is 0.247 e. The molecule has 1 fully saturated rings. The molecule has 1 N–H and O–H groups in total. The lowest BCUT2D eigenvalue weighted by atomic mass is 9.99. The van der Waals surface area contributed by atoms with Crippen molar-refractivity contribution in [2.24, 2.45) is 5.92 Å². The highest BCUT2D eigenvalue weighted by Gasteiger charge is 2.33. The molecule has 1 aliphatic heterocycles. The van der Waals surface area contributed by atoms with Crippen LogP contribution in [-0.2, 0) is 9.59 Å². The molecule has 2 amide bonds. The molecular formula is C26H34N2O4. The van der Waals surface area contributed by atoms with Gasteiger partial charge < -0.3 is 19.7 Å². The Morgan fingerprint density at radius 1 is 1.03 bits per heavy atom. The second-order valence-electron chi connectivity index (χ2n) is 8.70. The van der Waals surface area contributed by atoms with Crippen LogP contribution in [0.25, 0.3) is 0 Å². The number of ether oxygens (including phenoxy) is 2. The summed E-state index contributed by atoms with van der Waals surface area (Å²) < 4.78 is 11.3. The van der Waals surface area contributed by atoms with Crippen molar-refractivity contribution in [1.82, 2.24) is 10.2 Å². The first-order chi connectivity index (χ1) is 15.4. The van der Waals surface area contributed by atoms with Crippen molar-refractivity contribution in [3.05, 3.63) is 59.7 Å². The first-order valence-corrected chi connectivity index (χ1v) is 11.4. The molecule has 2 aromatic carbocycles. The summed E-state index contributed by atoms with van der Waals surface area (Å²) in [5.74, 6) is 1.57. The zero-order valence-electron chi connectivity index (χ0n) is 19.5. The van der Waals surface area contributed by atoms with Gasteiger partial charge in [-0.3, -0.25) is 9.59 Å². The number of carbonyl (C=O) groups is 2. The topological polar surface area (TPSA) is 67.9 Å². The number of hydrogen-bond acceptors (Lipinski definition) is 4. The third kappa shape index (κ3) is 5.81. The Morgan fingerprint density at radius 3 is 2.44 bits per heavy atom. The second kappa shape index (κ2) is 11.0. The summed E-state index contributed by atoms with van der Waals surface area (Å²) in [4.78, 5) is 27.7. The Morgan fingerprint density at radius 2 is 1.78 bits per heavy atom. The van der Waals surface area contributed by atoms with E-state index in [1.54, 1.807) is 12.0 Å². The van der Waals surface area contributed by atoms with Gasteiger partial charge in [0, 0.05) is 13.0 Å². The molecule has 32 heavy (non-hydrogen) atoms. The van der Waals surface area contributed by atoms with E-state index in [1.165, 1.54) is 0 Å². The number of nitrogens with one attached hydrogen (secondary N) is 1. The van der Waals surface area contributed by atoms with E-state index in [4.69, 9.17) is 9.47 Å². The number of hydrogen-bond donors (Lipinski definition) is 1. The Kier molecular flexibility index (Phi) is 8.14. The lowest BCUT2D eigenvalue weighted by molar-refractivity contribution is -0.143. The molecule has 1 aliphatic rings. The van der Waals surface area contributed by atoms with Crippen molar-refractivity contribution >= 4 is 11.8 Å². The fourth-order valence-electron chi connectivity index (χ4n) is 3.91. The van der Waals surface area contributed by atoms with Crippen LogP contribution < -0.4 is 14.8 Å². The van der Waals surface area contributed by atoms with Gasteiger partial charge in [0.15, 0.2) is 11.5 Å². The molecule has 2 unspecified atom stereocenters. The summed E-state index contributed by atoms with van der Waals surface area (Å²) >= 11 is 0. The van der Waals surface area contributed by atoms with Crippen LogP contribution in [0.3, 0.4) is 0 Å². The molecule has 6 heteroatoms. The van der Waals surface area contributed by atoms with Crippen LogP contribution >= 0.6 is 0 Å². The molecule has 3 rings (SSSR count). The van der Waals surface area contributed by atoms with Gasteiger partial charge in [0.05, 0.1) is 19.8 Å². The van der Waals surface area contributed by atoms with Crippen LogP contribution in [-0.4, -0.2) is 37.0 Å². The van der Waals surface area contributed by atoms with Gasteiger partial charge in [0.1, 0.15) is 6.04 Å². The minimum absolute atomic E-state index is 0.0289. The first kappa shape index (κ1) is 23.6. The molecule has 1 heterocycles. The molecule has 2 atom stereocenters. The Labute approximate surface area is 190 Å². The molecule has 0 aromatic heterocycles. The van der Waals surface area contributed by atoms with Crippen molar-refractivity contribution in [2.45, 2.75) is 52.1 Å². The normalized spacial score (nSPS) is 15.9. The van der Waals surface area contributed by atoms with Gasteiger partial charge in [-0.15, -0.1) is 0 Å². The zero-order chi connectivity index (χ0) is 23.1. The number of rotatable bonds is 9. The summed E-state index contributed by atoms with van der Waals surface area (Å²) in [6.45, 7) is 7.31. The largest absolute Gasteiger partial charge is 0.493 e. The van der Waals surface area contributed by atoms with Crippen molar-refractivity contribution in [2.75, 3.05) is 20.3 Å². The average molecular weight is 439 g/mol. The first-order valence-electron chi connectivity index (χ1n) is 11.4. The van der Waals surface area contributed by atoms with E-state index in [0.29, 0.717) is 37.0 Å². The van der Waals surface area contributed by atoms with E-state index in [9.17, 15) is 9.59 Å². The van der Waals surface area contributed by atoms with Gasteiger partial charge in [-0.05, 0) is 48.9 Å². The van der Waals surface area contributed by atoms with Crippen LogP contribution in [0, 0.1) is 5.92 Å². The van der Waals surface area contributed by atoms with E-state index in [0.717, 1.165) is 24.0 Å². The minimum atomic E-state index is -0.637. The predicted octanol–water partition coefficient (Wildman–Crippen LogP) is 4.66. The third-order valence-corrected chi connectivity index (χ3v) is 5.65.